The van der Waals surface area contributed by atoms with Gasteiger partial charge in [0.2, 0.25) is 5.91 Å². The lowest BCUT2D eigenvalue weighted by atomic mass is 9.97. The van der Waals surface area contributed by atoms with Gasteiger partial charge in [0.1, 0.15) is 5.75 Å². The molecule has 6 nitrogen and oxygen atoms in total. The van der Waals surface area contributed by atoms with Gasteiger partial charge in [-0.05, 0) is 50.2 Å². The zero-order valence-electron chi connectivity index (χ0n) is 12.7. The van der Waals surface area contributed by atoms with Crippen molar-refractivity contribution < 1.29 is 32.6 Å². The maximum absolute atomic E-state index is 12.1. The number of halogens is 3. The zero-order valence-corrected chi connectivity index (χ0v) is 12.7. The Morgan fingerprint density at radius 2 is 1.79 bits per heavy atom. The second kappa shape index (κ2) is 7.52. The standard InChI is InChI=1S/C15H17F3N2O4/c16-15(17,18)24-12-3-1-11(2-4-12)19-13(21)9-20-7-5-10(6-8-20)14(22)23/h1-4,10H,5-9H2,(H,19,21)(H,22,23). The molecule has 1 amide bonds. The van der Waals surface area contributed by atoms with Gasteiger partial charge in [0.15, 0.2) is 0 Å². The van der Waals surface area contributed by atoms with Gasteiger partial charge in [-0.2, -0.15) is 0 Å². The van der Waals surface area contributed by atoms with Gasteiger partial charge < -0.3 is 15.2 Å². The first-order valence-corrected chi connectivity index (χ1v) is 7.34. The van der Waals surface area contributed by atoms with Gasteiger partial charge in [0.25, 0.3) is 0 Å². The number of carboxylic acids is 1. The number of piperidine rings is 1. The number of benzene rings is 1. The summed E-state index contributed by atoms with van der Waals surface area (Å²) in [5.41, 5.74) is 0.356. The molecule has 24 heavy (non-hydrogen) atoms. The van der Waals surface area contributed by atoms with Crippen molar-refractivity contribution in [3.8, 4) is 5.75 Å². The molecule has 0 unspecified atom stereocenters. The van der Waals surface area contributed by atoms with Crippen LogP contribution in [0.1, 0.15) is 12.8 Å². The normalized spacial score (nSPS) is 16.6. The lowest BCUT2D eigenvalue weighted by molar-refractivity contribution is -0.274. The quantitative estimate of drug-likeness (QED) is 0.855. The first kappa shape index (κ1) is 18.1. The largest absolute Gasteiger partial charge is 0.573 e. The minimum atomic E-state index is -4.76. The maximum atomic E-state index is 12.1. The van der Waals surface area contributed by atoms with Crippen LogP contribution in [0.25, 0.3) is 0 Å². The number of carboxylic acid groups (broad SMARTS) is 1. The molecule has 0 radical (unpaired) electrons. The Balaban J connectivity index is 1.79. The van der Waals surface area contributed by atoms with E-state index in [0.717, 1.165) is 12.1 Å². The highest BCUT2D eigenvalue weighted by Gasteiger charge is 2.31. The van der Waals surface area contributed by atoms with Gasteiger partial charge >= 0.3 is 12.3 Å². The first-order valence-electron chi connectivity index (χ1n) is 7.34. The number of aliphatic carboxylic acids is 1. The Bertz CT molecular complexity index is 581. The molecule has 1 aliphatic rings. The van der Waals surface area contributed by atoms with Crippen LogP contribution in [-0.2, 0) is 9.59 Å². The van der Waals surface area contributed by atoms with Gasteiger partial charge in [-0.25, -0.2) is 0 Å². The summed E-state index contributed by atoms with van der Waals surface area (Å²) in [7, 11) is 0. The third-order valence-electron chi connectivity index (χ3n) is 3.68. The van der Waals surface area contributed by atoms with Crippen LogP contribution in [0.3, 0.4) is 0 Å². The Kier molecular flexibility index (Phi) is 5.66. The molecule has 2 N–H and O–H groups in total. The van der Waals surface area contributed by atoms with Crippen molar-refractivity contribution in [2.24, 2.45) is 5.92 Å². The monoisotopic (exact) mass is 346 g/mol. The SMILES string of the molecule is O=C(CN1CCC(C(=O)O)CC1)Nc1ccc(OC(F)(F)F)cc1. The van der Waals surface area contributed by atoms with Crippen molar-refractivity contribution in [3.63, 3.8) is 0 Å². The Hall–Kier alpha value is -2.29. The van der Waals surface area contributed by atoms with Gasteiger partial charge in [0.05, 0.1) is 12.5 Å². The molecule has 1 saturated heterocycles. The average Bonchev–Trinajstić information content (AvgIpc) is 2.48. The fraction of sp³-hybridized carbons (Fsp3) is 0.467. The summed E-state index contributed by atoms with van der Waals surface area (Å²) in [5, 5.41) is 11.5. The van der Waals surface area contributed by atoms with Gasteiger partial charge in [-0.15, -0.1) is 13.2 Å². The molecule has 0 saturated carbocycles. The molecule has 132 valence electrons. The van der Waals surface area contributed by atoms with Crippen molar-refractivity contribution >= 4 is 17.6 Å². The van der Waals surface area contributed by atoms with E-state index < -0.39 is 12.3 Å². The molecule has 1 fully saturated rings. The number of alkyl halides is 3. The number of hydrogen-bond acceptors (Lipinski definition) is 4. The minimum absolute atomic E-state index is 0.104. The molecule has 0 atom stereocenters. The van der Waals surface area contributed by atoms with Crippen molar-refractivity contribution in [1.82, 2.24) is 4.90 Å². The topological polar surface area (TPSA) is 78.9 Å². The summed E-state index contributed by atoms with van der Waals surface area (Å²) in [5.74, 6) is -1.87. The van der Waals surface area contributed by atoms with E-state index in [-0.39, 0.29) is 24.1 Å². The number of carbonyl (C=O) groups excluding carboxylic acids is 1. The summed E-state index contributed by atoms with van der Waals surface area (Å²) in [6.07, 6.45) is -3.77. The highest BCUT2D eigenvalue weighted by atomic mass is 19.4. The third-order valence-corrected chi connectivity index (χ3v) is 3.68. The zero-order chi connectivity index (χ0) is 17.7. The molecule has 1 aliphatic heterocycles. The van der Waals surface area contributed by atoms with E-state index in [2.05, 4.69) is 10.1 Å². The van der Waals surface area contributed by atoms with Crippen LogP contribution in [0.4, 0.5) is 18.9 Å². The molecule has 9 heteroatoms. The molecule has 2 rings (SSSR count). The number of carbonyl (C=O) groups is 2. The summed E-state index contributed by atoms with van der Waals surface area (Å²) >= 11 is 0. The van der Waals surface area contributed by atoms with Crippen LogP contribution in [0, 0.1) is 5.92 Å². The van der Waals surface area contributed by atoms with Gasteiger partial charge in [0, 0.05) is 5.69 Å². The fourth-order valence-corrected chi connectivity index (χ4v) is 2.48. The van der Waals surface area contributed by atoms with E-state index in [1.165, 1.54) is 12.1 Å². The van der Waals surface area contributed by atoms with Crippen LogP contribution in [0.2, 0.25) is 0 Å². The van der Waals surface area contributed by atoms with E-state index in [9.17, 15) is 22.8 Å². The molecule has 0 bridgehead atoms. The summed E-state index contributed by atoms with van der Waals surface area (Å²) in [6.45, 7) is 1.14. The van der Waals surface area contributed by atoms with E-state index >= 15 is 0 Å². The van der Waals surface area contributed by atoms with Crippen LogP contribution in [0.5, 0.6) is 5.75 Å². The molecule has 1 aromatic carbocycles. The van der Waals surface area contributed by atoms with E-state index in [1.807, 2.05) is 4.90 Å². The number of likely N-dealkylation sites (tertiary alicyclic amines) is 1. The van der Waals surface area contributed by atoms with Crippen molar-refractivity contribution in [2.45, 2.75) is 19.2 Å². The fourth-order valence-electron chi connectivity index (χ4n) is 2.48. The molecule has 1 aromatic rings. The minimum Gasteiger partial charge on any atom is -0.481 e. The third kappa shape index (κ3) is 5.73. The van der Waals surface area contributed by atoms with Gasteiger partial charge in [-0.1, -0.05) is 0 Å². The molecule has 0 aliphatic carbocycles. The number of anilines is 1. The van der Waals surface area contributed by atoms with Crippen LogP contribution >= 0.6 is 0 Å². The lowest BCUT2D eigenvalue weighted by Crippen LogP contribution is -2.40. The number of ether oxygens (including phenoxy) is 1. The number of hydrogen-bond donors (Lipinski definition) is 2. The predicted octanol–water partition coefficient (Wildman–Crippen LogP) is 2.32. The highest BCUT2D eigenvalue weighted by Crippen LogP contribution is 2.24. The molecular formula is C15H17F3N2O4. The van der Waals surface area contributed by atoms with Gasteiger partial charge in [-0.3, -0.25) is 14.5 Å². The Labute approximate surface area is 136 Å². The second-order valence-electron chi connectivity index (χ2n) is 5.51. The lowest BCUT2D eigenvalue weighted by Gasteiger charge is -2.29. The van der Waals surface area contributed by atoms with E-state index in [0.29, 0.717) is 31.6 Å². The first-order chi connectivity index (χ1) is 11.2. The molecule has 0 spiro atoms. The number of nitrogens with one attached hydrogen (secondary N) is 1. The summed E-state index contributed by atoms with van der Waals surface area (Å²) in [4.78, 5) is 24.6. The average molecular weight is 346 g/mol. The summed E-state index contributed by atoms with van der Waals surface area (Å²) in [6, 6.07) is 4.86. The predicted molar refractivity (Wildman–Crippen MR) is 78.6 cm³/mol. The maximum Gasteiger partial charge on any atom is 0.573 e. The Morgan fingerprint density at radius 3 is 2.29 bits per heavy atom. The highest BCUT2D eigenvalue weighted by molar-refractivity contribution is 5.92. The van der Waals surface area contributed by atoms with Crippen LogP contribution in [-0.4, -0.2) is 47.9 Å². The second-order valence-corrected chi connectivity index (χ2v) is 5.51. The summed E-state index contributed by atoms with van der Waals surface area (Å²) < 4.78 is 39.9. The van der Waals surface area contributed by atoms with Crippen LogP contribution < -0.4 is 10.1 Å². The smallest absolute Gasteiger partial charge is 0.481 e. The number of nitrogens with zero attached hydrogens (tertiary/aromatic N) is 1. The number of amides is 1. The Morgan fingerprint density at radius 1 is 1.21 bits per heavy atom. The molecular weight excluding hydrogens is 329 g/mol. The van der Waals surface area contributed by atoms with Crippen LogP contribution in [0.15, 0.2) is 24.3 Å². The number of rotatable bonds is 5. The van der Waals surface area contributed by atoms with E-state index in [1.54, 1.807) is 0 Å². The van der Waals surface area contributed by atoms with E-state index in [4.69, 9.17) is 5.11 Å². The van der Waals surface area contributed by atoms with Crippen molar-refractivity contribution in [3.05, 3.63) is 24.3 Å². The van der Waals surface area contributed by atoms with Crippen molar-refractivity contribution in [2.75, 3.05) is 25.0 Å². The molecule has 1 heterocycles. The molecule has 0 aromatic heterocycles. The van der Waals surface area contributed by atoms with Crippen molar-refractivity contribution in [1.29, 1.82) is 0 Å².